The second-order valence-electron chi connectivity index (χ2n) is 5.89. The van der Waals surface area contributed by atoms with Gasteiger partial charge in [-0.2, -0.15) is 0 Å². The van der Waals surface area contributed by atoms with Crippen LogP contribution in [0.4, 0.5) is 5.95 Å². The second-order valence-corrected chi connectivity index (χ2v) is 6.84. The summed E-state index contributed by atoms with van der Waals surface area (Å²) in [5.74, 6) is 1.83. The van der Waals surface area contributed by atoms with E-state index in [9.17, 15) is 4.79 Å². The fourth-order valence-corrected chi connectivity index (χ4v) is 3.48. The molecule has 0 saturated carbocycles. The van der Waals surface area contributed by atoms with E-state index in [4.69, 9.17) is 4.42 Å². The lowest BCUT2D eigenvalue weighted by Crippen LogP contribution is -2.49. The van der Waals surface area contributed by atoms with E-state index in [2.05, 4.69) is 25.1 Å². The minimum Gasteiger partial charge on any atom is -0.420 e. The van der Waals surface area contributed by atoms with Gasteiger partial charge in [-0.05, 0) is 17.5 Å². The van der Waals surface area contributed by atoms with Gasteiger partial charge in [0.1, 0.15) is 0 Å². The number of aromatic nitrogens is 4. The van der Waals surface area contributed by atoms with Crippen LogP contribution in [0.5, 0.6) is 0 Å². The van der Waals surface area contributed by atoms with Gasteiger partial charge in [-0.25, -0.2) is 9.97 Å². The highest BCUT2D eigenvalue weighted by Crippen LogP contribution is 2.23. The summed E-state index contributed by atoms with van der Waals surface area (Å²) in [6.07, 6.45) is 4.29. The molecule has 0 bridgehead atoms. The smallest absolute Gasteiger partial charge is 0.257 e. The number of amides is 1. The van der Waals surface area contributed by atoms with Gasteiger partial charge in [-0.1, -0.05) is 6.07 Å². The number of aryl methyl sites for hydroxylation is 1. The van der Waals surface area contributed by atoms with E-state index >= 15 is 0 Å². The average molecular weight is 370 g/mol. The van der Waals surface area contributed by atoms with E-state index in [1.165, 1.54) is 0 Å². The summed E-state index contributed by atoms with van der Waals surface area (Å²) in [6.45, 7) is 2.81. The normalized spacial score (nSPS) is 14.6. The van der Waals surface area contributed by atoms with E-state index in [-0.39, 0.29) is 5.91 Å². The Bertz CT molecular complexity index is 843. The van der Waals surface area contributed by atoms with Gasteiger partial charge in [0, 0.05) is 51.4 Å². The maximum atomic E-state index is 12.4. The zero-order valence-electron chi connectivity index (χ0n) is 14.1. The molecule has 0 N–H and O–H groups in total. The molecular formula is C17H18N6O2S. The summed E-state index contributed by atoms with van der Waals surface area (Å²) >= 11 is 1.55. The van der Waals surface area contributed by atoms with Gasteiger partial charge in [-0.3, -0.25) is 4.79 Å². The Morgan fingerprint density at radius 3 is 2.65 bits per heavy atom. The summed E-state index contributed by atoms with van der Waals surface area (Å²) < 4.78 is 5.63. The summed E-state index contributed by atoms with van der Waals surface area (Å²) in [6, 6.07) is 5.67. The molecule has 4 heterocycles. The molecule has 4 rings (SSSR count). The fourth-order valence-electron chi connectivity index (χ4n) is 2.84. The lowest BCUT2D eigenvalue weighted by Gasteiger charge is -2.34. The van der Waals surface area contributed by atoms with Crippen molar-refractivity contribution in [2.45, 2.75) is 12.8 Å². The number of nitrogens with zero attached hydrogens (tertiary/aromatic N) is 6. The molecular weight excluding hydrogens is 352 g/mol. The fraction of sp³-hybridized carbons (Fsp3) is 0.353. The molecule has 0 aliphatic carbocycles. The highest BCUT2D eigenvalue weighted by molar-refractivity contribution is 7.13. The van der Waals surface area contributed by atoms with Crippen LogP contribution in [0.25, 0.3) is 10.8 Å². The predicted octanol–water partition coefficient (Wildman–Crippen LogP) is 1.87. The number of piperazine rings is 1. The van der Waals surface area contributed by atoms with Gasteiger partial charge >= 0.3 is 0 Å². The first kappa shape index (κ1) is 16.6. The van der Waals surface area contributed by atoms with Gasteiger partial charge < -0.3 is 14.2 Å². The van der Waals surface area contributed by atoms with Gasteiger partial charge in [0.15, 0.2) is 0 Å². The van der Waals surface area contributed by atoms with Crippen molar-refractivity contribution < 1.29 is 9.21 Å². The quantitative estimate of drug-likeness (QED) is 0.677. The van der Waals surface area contributed by atoms with Crippen molar-refractivity contribution in [1.29, 1.82) is 0 Å². The minimum absolute atomic E-state index is 0.106. The number of hydrogen-bond donors (Lipinski definition) is 0. The molecule has 26 heavy (non-hydrogen) atoms. The van der Waals surface area contributed by atoms with E-state index < -0.39 is 0 Å². The Balaban J connectivity index is 1.27. The molecule has 0 radical (unpaired) electrons. The zero-order valence-corrected chi connectivity index (χ0v) is 14.9. The van der Waals surface area contributed by atoms with Gasteiger partial charge in [0.05, 0.1) is 4.88 Å². The number of hydrogen-bond acceptors (Lipinski definition) is 8. The van der Waals surface area contributed by atoms with Crippen molar-refractivity contribution in [2.75, 3.05) is 31.1 Å². The van der Waals surface area contributed by atoms with E-state index in [0.717, 1.165) is 18.0 Å². The molecule has 0 aromatic carbocycles. The molecule has 0 atom stereocenters. The summed E-state index contributed by atoms with van der Waals surface area (Å²) in [5.41, 5.74) is 0. The Kier molecular flexibility index (Phi) is 4.87. The standard InChI is InChI=1S/C17H18N6O2S/c24-15(5-4-14-20-21-16(25-14)13-3-1-12-26-13)22-8-10-23(11-9-22)17-18-6-2-7-19-17/h1-3,6-7,12H,4-5,8-11H2. The zero-order chi connectivity index (χ0) is 17.8. The monoisotopic (exact) mass is 370 g/mol. The topological polar surface area (TPSA) is 88.3 Å². The number of carbonyl (C=O) groups is 1. The Hall–Kier alpha value is -2.81. The Labute approximate surface area is 154 Å². The minimum atomic E-state index is 0.106. The van der Waals surface area contributed by atoms with Crippen LogP contribution in [0.1, 0.15) is 12.3 Å². The maximum absolute atomic E-state index is 12.4. The third-order valence-corrected chi connectivity index (χ3v) is 5.08. The first-order chi connectivity index (χ1) is 12.8. The van der Waals surface area contributed by atoms with Crippen LogP contribution in [-0.2, 0) is 11.2 Å². The largest absolute Gasteiger partial charge is 0.420 e. The number of anilines is 1. The molecule has 1 amide bonds. The van der Waals surface area contributed by atoms with Gasteiger partial charge in [-0.15, -0.1) is 21.5 Å². The van der Waals surface area contributed by atoms with Crippen molar-refractivity contribution in [3.63, 3.8) is 0 Å². The molecule has 9 heteroatoms. The molecule has 3 aromatic rings. The van der Waals surface area contributed by atoms with Crippen molar-refractivity contribution >= 4 is 23.2 Å². The van der Waals surface area contributed by atoms with Gasteiger partial charge in [0.2, 0.25) is 17.7 Å². The first-order valence-electron chi connectivity index (χ1n) is 8.45. The second kappa shape index (κ2) is 7.61. The van der Waals surface area contributed by atoms with Crippen LogP contribution < -0.4 is 4.90 Å². The van der Waals surface area contributed by atoms with Crippen LogP contribution in [0, 0.1) is 0 Å². The lowest BCUT2D eigenvalue weighted by molar-refractivity contribution is -0.131. The summed E-state index contributed by atoms with van der Waals surface area (Å²) in [4.78, 5) is 25.9. The number of thiophene rings is 1. The molecule has 1 aliphatic heterocycles. The Morgan fingerprint density at radius 2 is 1.92 bits per heavy atom. The highest BCUT2D eigenvalue weighted by Gasteiger charge is 2.22. The van der Waals surface area contributed by atoms with E-state index in [1.807, 2.05) is 22.4 Å². The van der Waals surface area contributed by atoms with Crippen LogP contribution >= 0.6 is 11.3 Å². The van der Waals surface area contributed by atoms with Crippen molar-refractivity contribution in [2.24, 2.45) is 0 Å². The summed E-state index contributed by atoms with van der Waals surface area (Å²) in [5, 5.41) is 10.0. The number of carbonyl (C=O) groups excluding carboxylic acids is 1. The van der Waals surface area contributed by atoms with Crippen LogP contribution in [0.15, 0.2) is 40.4 Å². The molecule has 8 nitrogen and oxygen atoms in total. The van der Waals surface area contributed by atoms with Crippen LogP contribution in [-0.4, -0.2) is 57.2 Å². The van der Waals surface area contributed by atoms with Crippen LogP contribution in [0.2, 0.25) is 0 Å². The van der Waals surface area contributed by atoms with Crippen LogP contribution in [0.3, 0.4) is 0 Å². The van der Waals surface area contributed by atoms with Crippen molar-refractivity contribution in [3.05, 3.63) is 41.9 Å². The molecule has 0 spiro atoms. The Morgan fingerprint density at radius 1 is 1.12 bits per heavy atom. The third kappa shape index (κ3) is 3.72. The molecule has 1 fully saturated rings. The molecule has 134 valence electrons. The first-order valence-corrected chi connectivity index (χ1v) is 9.33. The molecule has 1 saturated heterocycles. The molecule has 1 aliphatic rings. The lowest BCUT2D eigenvalue weighted by atomic mass is 10.2. The number of rotatable bonds is 5. The van der Waals surface area contributed by atoms with Gasteiger partial charge in [0.25, 0.3) is 5.89 Å². The van der Waals surface area contributed by atoms with E-state index in [0.29, 0.717) is 43.7 Å². The molecule has 3 aromatic heterocycles. The summed E-state index contributed by atoms with van der Waals surface area (Å²) in [7, 11) is 0. The third-order valence-electron chi connectivity index (χ3n) is 4.22. The average Bonchev–Trinajstić information content (AvgIpc) is 3.38. The SMILES string of the molecule is O=C(CCc1nnc(-c2cccs2)o1)N1CCN(c2ncccn2)CC1. The maximum Gasteiger partial charge on any atom is 0.257 e. The van der Waals surface area contributed by atoms with Crippen molar-refractivity contribution in [3.8, 4) is 10.8 Å². The molecule has 0 unspecified atom stereocenters. The van der Waals surface area contributed by atoms with E-state index in [1.54, 1.807) is 29.8 Å². The van der Waals surface area contributed by atoms with Crippen molar-refractivity contribution in [1.82, 2.24) is 25.1 Å². The predicted molar refractivity (Wildman–Crippen MR) is 96.8 cm³/mol. The highest BCUT2D eigenvalue weighted by atomic mass is 32.1.